The van der Waals surface area contributed by atoms with Crippen molar-refractivity contribution >= 4 is 23.4 Å². The zero-order valence-electron chi connectivity index (χ0n) is 16.0. The average molecular weight is 420 g/mol. The third-order valence-corrected chi connectivity index (χ3v) is 5.16. The number of halogens is 1. The topological polar surface area (TPSA) is 85.6 Å². The van der Waals surface area contributed by atoms with Gasteiger partial charge in [-0.2, -0.15) is 0 Å². The summed E-state index contributed by atoms with van der Waals surface area (Å²) in [5.74, 6) is -0.0244. The summed E-state index contributed by atoms with van der Waals surface area (Å²) in [4.78, 5) is 20.8. The van der Waals surface area contributed by atoms with E-state index in [-0.39, 0.29) is 17.5 Å². The number of carbonyl (C=O) groups excluding carboxylic acids is 1. The molecule has 0 aliphatic heterocycles. The summed E-state index contributed by atoms with van der Waals surface area (Å²) in [5.41, 5.74) is 2.34. The highest BCUT2D eigenvalue weighted by molar-refractivity contribution is 7.99. The summed E-state index contributed by atoms with van der Waals surface area (Å²) in [5, 5.41) is 11.7. The normalized spacial score (nSPS) is 10.7. The zero-order chi connectivity index (χ0) is 20.9. The molecule has 7 nitrogen and oxygen atoms in total. The number of aryl methyl sites for hydroxylation is 1. The molecule has 0 atom stereocenters. The summed E-state index contributed by atoms with van der Waals surface area (Å²) < 4.78 is 15.5. The number of aromatic nitrogens is 5. The summed E-state index contributed by atoms with van der Waals surface area (Å²) in [6.07, 6.45) is 4.78. The Hall–Kier alpha value is -3.59. The van der Waals surface area contributed by atoms with E-state index >= 15 is 0 Å². The first kappa shape index (κ1) is 19.7. The number of rotatable bonds is 6. The minimum Gasteiger partial charge on any atom is -0.325 e. The largest absolute Gasteiger partial charge is 0.325 e. The summed E-state index contributed by atoms with van der Waals surface area (Å²) >= 11 is 1.23. The van der Waals surface area contributed by atoms with E-state index < -0.39 is 0 Å². The lowest BCUT2D eigenvalue weighted by Crippen LogP contribution is -2.14. The molecular formula is C21H17FN6OS. The van der Waals surface area contributed by atoms with Crippen LogP contribution in [0.1, 0.15) is 5.56 Å². The van der Waals surface area contributed by atoms with Crippen molar-refractivity contribution in [1.82, 2.24) is 24.7 Å². The fourth-order valence-corrected chi connectivity index (χ4v) is 3.50. The number of nitrogens with zero attached hydrogens (tertiary/aromatic N) is 5. The van der Waals surface area contributed by atoms with Gasteiger partial charge in [-0.15, -0.1) is 10.2 Å². The van der Waals surface area contributed by atoms with Crippen molar-refractivity contribution < 1.29 is 9.18 Å². The second-order valence-electron chi connectivity index (χ2n) is 6.37. The predicted molar refractivity (Wildman–Crippen MR) is 113 cm³/mol. The minimum atomic E-state index is -0.363. The number of para-hydroxylation sites is 1. The van der Waals surface area contributed by atoms with Crippen molar-refractivity contribution in [1.29, 1.82) is 0 Å². The highest BCUT2D eigenvalue weighted by atomic mass is 32.2. The third kappa shape index (κ3) is 4.36. The Labute approximate surface area is 176 Å². The number of nitrogens with one attached hydrogen (secondary N) is 1. The molecule has 30 heavy (non-hydrogen) atoms. The second-order valence-corrected chi connectivity index (χ2v) is 7.31. The fraction of sp³-hybridized carbons (Fsp3) is 0.0952. The van der Waals surface area contributed by atoms with E-state index in [1.807, 2.05) is 34.9 Å². The molecule has 0 saturated heterocycles. The molecule has 0 bridgehead atoms. The number of thioether (sulfide) groups is 1. The van der Waals surface area contributed by atoms with E-state index in [1.54, 1.807) is 37.6 Å². The maximum absolute atomic E-state index is 13.7. The Morgan fingerprint density at radius 2 is 1.97 bits per heavy atom. The van der Waals surface area contributed by atoms with Crippen LogP contribution in [0.4, 0.5) is 10.1 Å². The van der Waals surface area contributed by atoms with Crippen LogP contribution in [-0.2, 0) is 4.79 Å². The van der Waals surface area contributed by atoms with Crippen molar-refractivity contribution in [3.8, 4) is 17.2 Å². The van der Waals surface area contributed by atoms with Gasteiger partial charge < -0.3 is 5.32 Å². The maximum atomic E-state index is 13.7. The monoisotopic (exact) mass is 420 g/mol. The number of amides is 1. The SMILES string of the molecule is Cc1ccc(NC(=O)CSc2nnc(-c3cnccn3)n2-c2ccccc2)cc1F. The second kappa shape index (κ2) is 8.83. The first-order valence-corrected chi connectivity index (χ1v) is 10.1. The van der Waals surface area contributed by atoms with Crippen molar-refractivity contribution in [2.24, 2.45) is 0 Å². The van der Waals surface area contributed by atoms with E-state index in [4.69, 9.17) is 0 Å². The maximum Gasteiger partial charge on any atom is 0.234 e. The number of hydrogen-bond donors (Lipinski definition) is 1. The molecule has 0 fully saturated rings. The van der Waals surface area contributed by atoms with Gasteiger partial charge in [-0.25, -0.2) is 9.37 Å². The quantitative estimate of drug-likeness (QED) is 0.476. The molecule has 2 aromatic heterocycles. The van der Waals surface area contributed by atoms with Crippen LogP contribution in [0.5, 0.6) is 0 Å². The Morgan fingerprint density at radius 3 is 2.70 bits per heavy atom. The molecule has 4 aromatic rings. The van der Waals surface area contributed by atoms with Gasteiger partial charge in [-0.05, 0) is 36.8 Å². The lowest BCUT2D eigenvalue weighted by atomic mass is 10.2. The lowest BCUT2D eigenvalue weighted by molar-refractivity contribution is -0.113. The van der Waals surface area contributed by atoms with Gasteiger partial charge in [0.15, 0.2) is 11.0 Å². The summed E-state index contributed by atoms with van der Waals surface area (Å²) in [6, 6.07) is 14.2. The van der Waals surface area contributed by atoms with Crippen LogP contribution < -0.4 is 5.32 Å². The van der Waals surface area contributed by atoms with E-state index in [0.29, 0.717) is 27.9 Å². The molecule has 2 heterocycles. The van der Waals surface area contributed by atoms with E-state index in [0.717, 1.165) is 5.69 Å². The lowest BCUT2D eigenvalue weighted by Gasteiger charge is -2.10. The Morgan fingerprint density at radius 1 is 1.13 bits per heavy atom. The molecule has 0 spiro atoms. The highest BCUT2D eigenvalue weighted by Crippen LogP contribution is 2.26. The average Bonchev–Trinajstić information content (AvgIpc) is 3.20. The fourth-order valence-electron chi connectivity index (χ4n) is 2.75. The molecule has 1 N–H and O–H groups in total. The number of hydrogen-bond acceptors (Lipinski definition) is 6. The van der Waals surface area contributed by atoms with E-state index in [2.05, 4.69) is 25.5 Å². The van der Waals surface area contributed by atoms with Gasteiger partial charge >= 0.3 is 0 Å². The Kier molecular flexibility index (Phi) is 5.80. The highest BCUT2D eigenvalue weighted by Gasteiger charge is 2.18. The van der Waals surface area contributed by atoms with Gasteiger partial charge in [-0.1, -0.05) is 36.0 Å². The molecular weight excluding hydrogens is 403 g/mol. The molecule has 0 radical (unpaired) electrons. The molecule has 0 saturated carbocycles. The van der Waals surface area contributed by atoms with Crippen molar-refractivity contribution in [3.05, 3.63) is 78.5 Å². The van der Waals surface area contributed by atoms with Gasteiger partial charge in [0.05, 0.1) is 11.9 Å². The van der Waals surface area contributed by atoms with Gasteiger partial charge in [0, 0.05) is 23.8 Å². The number of anilines is 1. The van der Waals surface area contributed by atoms with E-state index in [1.165, 1.54) is 17.8 Å². The van der Waals surface area contributed by atoms with E-state index in [9.17, 15) is 9.18 Å². The summed E-state index contributed by atoms with van der Waals surface area (Å²) in [7, 11) is 0. The van der Waals surface area contributed by atoms with Gasteiger partial charge in [0.25, 0.3) is 0 Å². The van der Waals surface area contributed by atoms with Crippen LogP contribution in [0.2, 0.25) is 0 Å². The smallest absolute Gasteiger partial charge is 0.234 e. The van der Waals surface area contributed by atoms with Gasteiger partial charge in [-0.3, -0.25) is 14.3 Å². The summed E-state index contributed by atoms with van der Waals surface area (Å²) in [6.45, 7) is 1.67. The van der Waals surface area contributed by atoms with Crippen LogP contribution in [0.3, 0.4) is 0 Å². The predicted octanol–water partition coefficient (Wildman–Crippen LogP) is 3.90. The number of benzene rings is 2. The van der Waals surface area contributed by atoms with Crippen molar-refractivity contribution in [2.75, 3.05) is 11.1 Å². The Bertz CT molecular complexity index is 1170. The molecule has 9 heteroatoms. The van der Waals surface area contributed by atoms with Crippen molar-refractivity contribution in [2.45, 2.75) is 12.1 Å². The number of carbonyl (C=O) groups is 1. The molecule has 150 valence electrons. The first-order valence-electron chi connectivity index (χ1n) is 9.08. The van der Waals surface area contributed by atoms with Crippen LogP contribution >= 0.6 is 11.8 Å². The minimum absolute atomic E-state index is 0.0843. The van der Waals surface area contributed by atoms with Gasteiger partial charge in [0.2, 0.25) is 5.91 Å². The molecule has 4 rings (SSSR count). The van der Waals surface area contributed by atoms with Crippen LogP contribution in [0.25, 0.3) is 17.2 Å². The molecule has 2 aromatic carbocycles. The molecule has 0 aliphatic carbocycles. The van der Waals surface area contributed by atoms with Gasteiger partial charge in [0.1, 0.15) is 11.5 Å². The standard InChI is InChI=1S/C21H17FN6OS/c1-14-7-8-15(11-17(14)22)25-19(29)13-30-21-27-26-20(18-12-23-9-10-24-18)28(21)16-5-3-2-4-6-16/h2-12H,13H2,1H3,(H,25,29). The molecule has 0 unspecified atom stereocenters. The molecule has 1 amide bonds. The van der Waals surface area contributed by atoms with Crippen LogP contribution in [0.15, 0.2) is 72.3 Å². The molecule has 0 aliphatic rings. The third-order valence-electron chi connectivity index (χ3n) is 4.23. The zero-order valence-corrected chi connectivity index (χ0v) is 16.8. The van der Waals surface area contributed by atoms with Crippen molar-refractivity contribution in [3.63, 3.8) is 0 Å². The Balaban J connectivity index is 1.56. The van der Waals surface area contributed by atoms with Crippen LogP contribution in [-0.4, -0.2) is 36.4 Å². The first-order chi connectivity index (χ1) is 14.6. The van der Waals surface area contributed by atoms with Crippen LogP contribution in [0, 0.1) is 12.7 Å².